The summed E-state index contributed by atoms with van der Waals surface area (Å²) in [4.78, 5) is 2.42. The Morgan fingerprint density at radius 2 is 1.08 bits per heavy atom. The van der Waals surface area contributed by atoms with E-state index in [1.54, 1.807) is 0 Å². The number of nitrogens with zero attached hydrogens (tertiary/aromatic N) is 5. The summed E-state index contributed by atoms with van der Waals surface area (Å²) in [7, 11) is 4.48. The molecular formula is C19H43N5Sb. The zero-order valence-corrected chi connectivity index (χ0v) is 21.4. The van der Waals surface area contributed by atoms with E-state index in [2.05, 4.69) is 100 Å². The van der Waals surface area contributed by atoms with Crippen LogP contribution in [0.5, 0.6) is 0 Å². The van der Waals surface area contributed by atoms with E-state index in [4.69, 9.17) is 0 Å². The molecule has 0 aliphatic carbocycles. The molecule has 2 fully saturated rings. The molecule has 1 radical (unpaired) electrons. The first kappa shape index (κ1) is 21.9. The molecule has 0 aromatic carbocycles. The molecule has 2 aliphatic rings. The van der Waals surface area contributed by atoms with Gasteiger partial charge in [0, 0.05) is 0 Å². The summed E-state index contributed by atoms with van der Waals surface area (Å²) in [5.74, 6) is 0. The van der Waals surface area contributed by atoms with E-state index in [-0.39, 0.29) is 11.1 Å². The van der Waals surface area contributed by atoms with Crippen LogP contribution in [0.3, 0.4) is 0 Å². The Hall–Kier alpha value is 0.618. The van der Waals surface area contributed by atoms with Crippen LogP contribution in [0.1, 0.15) is 69.2 Å². The Morgan fingerprint density at radius 3 is 1.28 bits per heavy atom. The number of rotatable bonds is 3. The Morgan fingerprint density at radius 1 is 0.760 bits per heavy atom. The standard InChI is InChI=1S/C10H22N2.C9H21N3.Sb/c1-9(2,3)11-7-8-12-10(4,5)6;1-7(2)10-9(12(5)6)11-8(3)4;/h7-8H2,1-6H3;7-9H,1-6H3;/q2*-2;+4. The van der Waals surface area contributed by atoms with E-state index in [0.717, 1.165) is 0 Å². The molecule has 0 N–H and O–H groups in total. The SMILES string of the molecule is CC(C)[N]1C(N(C)C)[N](C(C)C)[Sb]12[N](C(C)(C)C)CC[N]2C(C)(C)C. The average molecular weight is 463 g/mol. The molecule has 6 heteroatoms. The van der Waals surface area contributed by atoms with Gasteiger partial charge in [-0.05, 0) is 0 Å². The van der Waals surface area contributed by atoms with Crippen molar-refractivity contribution in [2.45, 2.75) is 98.7 Å². The molecule has 2 heterocycles. The topological polar surface area (TPSA) is 16.2 Å². The van der Waals surface area contributed by atoms with Gasteiger partial charge in [-0.2, -0.15) is 0 Å². The summed E-state index contributed by atoms with van der Waals surface area (Å²) in [6, 6.07) is 1.11. The summed E-state index contributed by atoms with van der Waals surface area (Å²) in [6.07, 6.45) is 0.416. The van der Waals surface area contributed by atoms with Crippen molar-refractivity contribution in [3.05, 3.63) is 0 Å². The van der Waals surface area contributed by atoms with Crippen molar-refractivity contribution in [2.24, 2.45) is 0 Å². The van der Waals surface area contributed by atoms with Crippen LogP contribution in [-0.2, 0) is 0 Å². The van der Waals surface area contributed by atoms with Crippen molar-refractivity contribution in [1.82, 2.24) is 17.1 Å². The zero-order chi connectivity index (χ0) is 19.5. The van der Waals surface area contributed by atoms with Gasteiger partial charge in [-0.25, -0.2) is 0 Å². The zero-order valence-electron chi connectivity index (χ0n) is 18.8. The summed E-state index contributed by atoms with van der Waals surface area (Å²) in [5.41, 5.74) is 0.395. The van der Waals surface area contributed by atoms with Gasteiger partial charge in [0.2, 0.25) is 0 Å². The monoisotopic (exact) mass is 462 g/mol. The molecule has 0 atom stereocenters. The molecule has 0 saturated carbocycles. The molecule has 25 heavy (non-hydrogen) atoms. The van der Waals surface area contributed by atoms with Crippen molar-refractivity contribution in [3.8, 4) is 0 Å². The van der Waals surface area contributed by atoms with E-state index in [0.29, 0.717) is 18.4 Å². The summed E-state index contributed by atoms with van der Waals surface area (Å²) < 4.78 is 11.7. The number of hydrogen-bond donors (Lipinski definition) is 0. The quantitative estimate of drug-likeness (QED) is 0.597. The van der Waals surface area contributed by atoms with E-state index in [1.165, 1.54) is 13.1 Å². The molecule has 0 unspecified atom stereocenters. The fraction of sp³-hybridized carbons (Fsp3) is 1.00. The molecule has 0 bridgehead atoms. The van der Waals surface area contributed by atoms with Gasteiger partial charge in [-0.3, -0.25) is 0 Å². The second-order valence-electron chi connectivity index (χ2n) is 10.4. The molecule has 0 amide bonds. The van der Waals surface area contributed by atoms with E-state index in [1.807, 2.05) is 0 Å². The number of hydrogen-bond acceptors (Lipinski definition) is 5. The summed E-state index contributed by atoms with van der Waals surface area (Å²) in [6.45, 7) is 26.4. The van der Waals surface area contributed by atoms with E-state index >= 15 is 0 Å². The van der Waals surface area contributed by atoms with Crippen LogP contribution in [0.2, 0.25) is 0 Å². The first-order chi connectivity index (χ1) is 11.2. The predicted octanol–water partition coefficient (Wildman–Crippen LogP) is 2.92. The van der Waals surface area contributed by atoms with Gasteiger partial charge in [0.25, 0.3) is 0 Å². The maximum absolute atomic E-state index is 3.00. The van der Waals surface area contributed by atoms with Crippen LogP contribution in [-0.4, -0.2) is 93.7 Å². The maximum atomic E-state index is 2.93. The van der Waals surface area contributed by atoms with E-state index < -0.39 is 19.9 Å². The molecule has 149 valence electrons. The molecule has 2 saturated heterocycles. The van der Waals surface area contributed by atoms with Crippen molar-refractivity contribution in [2.75, 3.05) is 27.2 Å². The third-order valence-electron chi connectivity index (χ3n) is 5.33. The minimum atomic E-state index is -3.00. The fourth-order valence-electron chi connectivity index (χ4n) is 4.66. The van der Waals surface area contributed by atoms with Crippen molar-refractivity contribution in [1.29, 1.82) is 0 Å². The molecule has 0 aromatic rings. The van der Waals surface area contributed by atoms with Gasteiger partial charge in [0.1, 0.15) is 0 Å². The molecule has 1 spiro atoms. The van der Waals surface area contributed by atoms with Crippen LogP contribution in [0.15, 0.2) is 0 Å². The van der Waals surface area contributed by atoms with Gasteiger partial charge in [0.15, 0.2) is 0 Å². The minimum absolute atomic E-state index is 0.198. The molecular weight excluding hydrogens is 420 g/mol. The van der Waals surface area contributed by atoms with Crippen LogP contribution < -0.4 is 0 Å². The Bertz CT molecular complexity index is 437. The van der Waals surface area contributed by atoms with Gasteiger partial charge in [-0.15, -0.1) is 0 Å². The second-order valence-corrected chi connectivity index (χ2v) is 18.8. The predicted molar refractivity (Wildman–Crippen MR) is 110 cm³/mol. The second kappa shape index (κ2) is 6.90. The van der Waals surface area contributed by atoms with Gasteiger partial charge in [0.05, 0.1) is 0 Å². The van der Waals surface area contributed by atoms with E-state index in [9.17, 15) is 0 Å². The first-order valence-corrected chi connectivity index (χ1v) is 14.4. The molecule has 5 nitrogen and oxygen atoms in total. The normalized spacial score (nSPS) is 25.1. The summed E-state index contributed by atoms with van der Waals surface area (Å²) >= 11 is -3.00. The Labute approximate surface area is 162 Å². The van der Waals surface area contributed by atoms with Crippen molar-refractivity contribution in [3.63, 3.8) is 0 Å². The van der Waals surface area contributed by atoms with Crippen LogP contribution in [0.4, 0.5) is 0 Å². The average Bonchev–Trinajstić information content (AvgIpc) is 2.75. The molecule has 2 aliphatic heterocycles. The first-order valence-electron chi connectivity index (χ1n) is 9.87. The molecule has 2 rings (SSSR count). The van der Waals surface area contributed by atoms with Gasteiger partial charge < -0.3 is 0 Å². The summed E-state index contributed by atoms with van der Waals surface area (Å²) in [5, 5.41) is 0. The van der Waals surface area contributed by atoms with Crippen LogP contribution >= 0.6 is 0 Å². The Balaban J connectivity index is 2.69. The van der Waals surface area contributed by atoms with Crippen LogP contribution in [0.25, 0.3) is 0 Å². The molecule has 0 aromatic heterocycles. The van der Waals surface area contributed by atoms with Crippen molar-refractivity contribution >= 4 is 19.9 Å². The third-order valence-corrected chi connectivity index (χ3v) is 21.0. The van der Waals surface area contributed by atoms with Gasteiger partial charge in [-0.1, -0.05) is 0 Å². The Kier molecular flexibility index (Phi) is 6.05. The fourth-order valence-corrected chi connectivity index (χ4v) is 22.1. The third kappa shape index (κ3) is 3.32. The van der Waals surface area contributed by atoms with Crippen molar-refractivity contribution < 1.29 is 0 Å². The van der Waals surface area contributed by atoms with Gasteiger partial charge >= 0.3 is 163 Å². The van der Waals surface area contributed by atoms with Crippen LogP contribution in [0, 0.1) is 0 Å².